The van der Waals surface area contributed by atoms with Crippen molar-refractivity contribution in [1.82, 2.24) is 0 Å². The molecule has 0 saturated heterocycles. The number of rotatable bonds is 4. The monoisotopic (exact) mass is 295 g/mol. The van der Waals surface area contributed by atoms with E-state index < -0.39 is 17.5 Å². The maximum Gasteiger partial charge on any atom is 0.258 e. The number of carbonyl (C=O) groups excluding carboxylic acids is 1. The van der Waals surface area contributed by atoms with E-state index in [9.17, 15) is 13.6 Å². The normalized spacial score (nSPS) is 10.3. The molecule has 20 heavy (non-hydrogen) atoms. The van der Waals surface area contributed by atoms with Crippen LogP contribution < -0.4 is 5.32 Å². The Balaban J connectivity index is 2.13. The highest BCUT2D eigenvalue weighted by Crippen LogP contribution is 2.15. The summed E-state index contributed by atoms with van der Waals surface area (Å²) in [4.78, 5) is 11.9. The number of amides is 1. The summed E-state index contributed by atoms with van der Waals surface area (Å²) < 4.78 is 26.5. The Morgan fingerprint density at radius 1 is 1.10 bits per heavy atom. The van der Waals surface area contributed by atoms with E-state index in [0.717, 1.165) is 18.1 Å². The van der Waals surface area contributed by atoms with E-state index in [0.29, 0.717) is 11.6 Å². The van der Waals surface area contributed by atoms with Crippen LogP contribution in [0.5, 0.6) is 0 Å². The zero-order valence-electron chi connectivity index (χ0n) is 10.5. The summed E-state index contributed by atoms with van der Waals surface area (Å²) in [5.41, 5.74) is 1.22. The van der Waals surface area contributed by atoms with E-state index in [4.69, 9.17) is 11.6 Å². The van der Waals surface area contributed by atoms with Gasteiger partial charge in [0.05, 0.1) is 5.56 Å². The van der Waals surface area contributed by atoms with Crippen molar-refractivity contribution < 1.29 is 13.6 Å². The molecule has 0 aliphatic rings. The van der Waals surface area contributed by atoms with Crippen molar-refractivity contribution in [2.75, 3.05) is 11.2 Å². The number of halogens is 3. The molecule has 2 aromatic carbocycles. The molecule has 2 aromatic rings. The van der Waals surface area contributed by atoms with Gasteiger partial charge < -0.3 is 5.32 Å². The quantitative estimate of drug-likeness (QED) is 0.849. The second kappa shape index (κ2) is 6.48. The maximum absolute atomic E-state index is 13.5. The third kappa shape index (κ3) is 3.33. The second-order valence-corrected chi connectivity index (χ2v) is 4.57. The molecule has 2 rings (SSSR count). The molecule has 104 valence electrons. The number of nitrogens with one attached hydrogen (secondary N) is 1. The van der Waals surface area contributed by atoms with E-state index in [1.165, 1.54) is 12.1 Å². The smallest absolute Gasteiger partial charge is 0.258 e. The first kappa shape index (κ1) is 14.5. The molecule has 2 nitrogen and oxygen atoms in total. The summed E-state index contributed by atoms with van der Waals surface area (Å²) >= 11 is 5.63. The Hall–Kier alpha value is -1.94. The van der Waals surface area contributed by atoms with Crippen molar-refractivity contribution >= 4 is 23.2 Å². The van der Waals surface area contributed by atoms with Crippen molar-refractivity contribution in [2.24, 2.45) is 0 Å². The minimum absolute atomic E-state index is 0.324. The predicted octanol–water partition coefficient (Wildman–Crippen LogP) is 4.00. The van der Waals surface area contributed by atoms with Crippen molar-refractivity contribution in [1.29, 1.82) is 0 Å². The number of benzene rings is 2. The highest BCUT2D eigenvalue weighted by atomic mass is 35.5. The van der Waals surface area contributed by atoms with Gasteiger partial charge in [0.1, 0.15) is 0 Å². The molecule has 0 heterocycles. The van der Waals surface area contributed by atoms with Crippen LogP contribution in [0.1, 0.15) is 15.9 Å². The molecule has 1 N–H and O–H groups in total. The van der Waals surface area contributed by atoms with Crippen LogP contribution in [-0.2, 0) is 6.42 Å². The molecule has 1 amide bonds. The zero-order valence-corrected chi connectivity index (χ0v) is 11.3. The molecule has 0 spiro atoms. The topological polar surface area (TPSA) is 29.1 Å². The lowest BCUT2D eigenvalue weighted by Gasteiger charge is -2.07. The Kier molecular flexibility index (Phi) is 4.69. The lowest BCUT2D eigenvalue weighted by atomic mass is 10.1. The Morgan fingerprint density at radius 2 is 1.80 bits per heavy atom. The van der Waals surface area contributed by atoms with Crippen LogP contribution in [0.25, 0.3) is 0 Å². The third-order valence-electron chi connectivity index (χ3n) is 2.79. The predicted molar refractivity (Wildman–Crippen MR) is 75.2 cm³/mol. The Labute approximate surface area is 120 Å². The number of aryl methyl sites for hydroxylation is 1. The zero-order chi connectivity index (χ0) is 14.5. The Bertz CT molecular complexity index is 614. The van der Waals surface area contributed by atoms with Crippen molar-refractivity contribution in [3.05, 3.63) is 65.2 Å². The number of carbonyl (C=O) groups is 1. The fraction of sp³-hybridized carbons (Fsp3) is 0.133. The van der Waals surface area contributed by atoms with E-state index in [1.807, 2.05) is 12.1 Å². The van der Waals surface area contributed by atoms with Crippen LogP contribution in [-0.4, -0.2) is 11.8 Å². The molecule has 0 aliphatic carbocycles. The van der Waals surface area contributed by atoms with Gasteiger partial charge in [-0.15, -0.1) is 11.6 Å². The molecule has 5 heteroatoms. The largest absolute Gasteiger partial charge is 0.322 e. The molecule has 0 radical (unpaired) electrons. The summed E-state index contributed by atoms with van der Waals surface area (Å²) in [7, 11) is 0. The van der Waals surface area contributed by atoms with E-state index >= 15 is 0 Å². The third-order valence-corrected chi connectivity index (χ3v) is 2.98. The van der Waals surface area contributed by atoms with E-state index in [2.05, 4.69) is 5.32 Å². The van der Waals surface area contributed by atoms with Crippen LogP contribution in [0.15, 0.2) is 42.5 Å². The van der Waals surface area contributed by atoms with Gasteiger partial charge in [0.25, 0.3) is 5.91 Å². The summed E-state index contributed by atoms with van der Waals surface area (Å²) in [6.07, 6.45) is 0.730. The number of hydrogen-bond acceptors (Lipinski definition) is 1. The van der Waals surface area contributed by atoms with Crippen LogP contribution in [0.3, 0.4) is 0 Å². The van der Waals surface area contributed by atoms with Crippen LogP contribution in [0.2, 0.25) is 0 Å². The molecular formula is C15H12ClF2NO. The summed E-state index contributed by atoms with van der Waals surface area (Å²) in [6.45, 7) is 0. The minimum atomic E-state index is -1.15. The summed E-state index contributed by atoms with van der Waals surface area (Å²) in [5, 5.41) is 2.52. The van der Waals surface area contributed by atoms with Gasteiger partial charge in [0.2, 0.25) is 0 Å². The summed E-state index contributed by atoms with van der Waals surface area (Å²) in [6, 6.07) is 10.5. The van der Waals surface area contributed by atoms with Gasteiger partial charge in [-0.2, -0.15) is 0 Å². The van der Waals surface area contributed by atoms with Gasteiger partial charge in [-0.05, 0) is 36.2 Å². The Morgan fingerprint density at radius 3 is 2.45 bits per heavy atom. The molecule has 0 fully saturated rings. The minimum Gasteiger partial charge on any atom is -0.322 e. The molecule has 0 atom stereocenters. The standard InChI is InChI=1S/C15H12ClF2NO/c16-9-8-10-4-6-11(7-5-10)19-15(20)12-2-1-3-13(17)14(12)18/h1-7H,8-9H2,(H,19,20). The molecule has 0 saturated carbocycles. The first-order chi connectivity index (χ1) is 9.61. The van der Waals surface area contributed by atoms with Gasteiger partial charge in [-0.1, -0.05) is 18.2 Å². The average Bonchev–Trinajstić information content (AvgIpc) is 2.44. The number of hydrogen-bond donors (Lipinski definition) is 1. The second-order valence-electron chi connectivity index (χ2n) is 4.19. The molecular weight excluding hydrogens is 284 g/mol. The molecule has 0 bridgehead atoms. The highest BCUT2D eigenvalue weighted by molar-refractivity contribution is 6.18. The first-order valence-corrected chi connectivity index (χ1v) is 6.55. The average molecular weight is 296 g/mol. The van der Waals surface area contributed by atoms with Crippen LogP contribution in [0.4, 0.5) is 14.5 Å². The lowest BCUT2D eigenvalue weighted by Crippen LogP contribution is -2.14. The van der Waals surface area contributed by atoms with Gasteiger partial charge in [0, 0.05) is 11.6 Å². The van der Waals surface area contributed by atoms with E-state index in [1.54, 1.807) is 12.1 Å². The van der Waals surface area contributed by atoms with Gasteiger partial charge in [-0.25, -0.2) is 8.78 Å². The van der Waals surface area contributed by atoms with Gasteiger partial charge >= 0.3 is 0 Å². The number of anilines is 1. The SMILES string of the molecule is O=C(Nc1ccc(CCCl)cc1)c1cccc(F)c1F. The maximum atomic E-state index is 13.5. The highest BCUT2D eigenvalue weighted by Gasteiger charge is 2.14. The first-order valence-electron chi connectivity index (χ1n) is 6.02. The fourth-order valence-corrected chi connectivity index (χ4v) is 1.96. The molecule has 0 unspecified atom stereocenters. The van der Waals surface area contributed by atoms with Gasteiger partial charge in [0.15, 0.2) is 11.6 Å². The van der Waals surface area contributed by atoms with Gasteiger partial charge in [-0.3, -0.25) is 4.79 Å². The van der Waals surface area contributed by atoms with Crippen LogP contribution in [0, 0.1) is 11.6 Å². The number of alkyl halides is 1. The van der Waals surface area contributed by atoms with Crippen molar-refractivity contribution in [2.45, 2.75) is 6.42 Å². The van der Waals surface area contributed by atoms with Crippen molar-refractivity contribution in [3.8, 4) is 0 Å². The van der Waals surface area contributed by atoms with Crippen molar-refractivity contribution in [3.63, 3.8) is 0 Å². The fourth-order valence-electron chi connectivity index (χ4n) is 1.74. The molecule has 0 aromatic heterocycles. The van der Waals surface area contributed by atoms with Crippen LogP contribution >= 0.6 is 11.6 Å². The summed E-state index contributed by atoms with van der Waals surface area (Å²) in [5.74, 6) is -2.37. The molecule has 0 aliphatic heterocycles. The lowest BCUT2D eigenvalue weighted by molar-refractivity contribution is 0.102. The van der Waals surface area contributed by atoms with E-state index in [-0.39, 0.29) is 5.56 Å².